The van der Waals surface area contributed by atoms with Crippen molar-refractivity contribution in [3.05, 3.63) is 87.3 Å². The van der Waals surface area contributed by atoms with Gasteiger partial charge in [-0.05, 0) is 50.5 Å². The van der Waals surface area contributed by atoms with Crippen LogP contribution in [0.4, 0.5) is 0 Å². The van der Waals surface area contributed by atoms with Gasteiger partial charge in [0.25, 0.3) is 0 Å². The fraction of sp³-hybridized carbons (Fsp3) is 0.276. The third-order valence-electron chi connectivity index (χ3n) is 7.05. The minimum Gasteiger partial charge on any atom is -0.481 e. The molecule has 2 aromatic carbocycles. The van der Waals surface area contributed by atoms with E-state index in [0.29, 0.717) is 23.6 Å². The zero-order valence-electron chi connectivity index (χ0n) is 21.4. The van der Waals surface area contributed by atoms with Crippen LogP contribution in [0.25, 0.3) is 16.1 Å². The highest BCUT2D eigenvalue weighted by molar-refractivity contribution is 7.15. The zero-order chi connectivity index (χ0) is 26.4. The minimum absolute atomic E-state index is 0.114. The predicted molar refractivity (Wildman–Crippen MR) is 145 cm³/mol. The molecule has 2 aromatic heterocycles. The molecule has 3 heterocycles. The molecule has 0 amide bonds. The molecule has 0 bridgehead atoms. The number of carboxylic acid groups (broad SMARTS) is 1. The highest BCUT2D eigenvalue weighted by atomic mass is 32.1. The highest BCUT2D eigenvalue weighted by Crippen LogP contribution is 2.40. The highest BCUT2D eigenvalue weighted by Gasteiger charge is 2.36. The lowest BCUT2D eigenvalue weighted by atomic mass is 9.95. The van der Waals surface area contributed by atoms with E-state index in [0.717, 1.165) is 43.4 Å². The molecule has 188 valence electrons. The van der Waals surface area contributed by atoms with Crippen LogP contribution < -0.4 is 0 Å². The van der Waals surface area contributed by atoms with Crippen LogP contribution in [0, 0.1) is 26.7 Å². The lowest BCUT2D eigenvalue weighted by Crippen LogP contribution is -2.21. The number of nitrogens with zero attached hydrogens (tertiary/aromatic N) is 4. The summed E-state index contributed by atoms with van der Waals surface area (Å²) in [6, 6.07) is 15.0. The van der Waals surface area contributed by atoms with Crippen molar-refractivity contribution in [3.63, 3.8) is 0 Å². The average molecular weight is 513 g/mol. The van der Waals surface area contributed by atoms with Crippen molar-refractivity contribution in [2.45, 2.75) is 47.1 Å². The maximum absolute atomic E-state index is 12.2. The van der Waals surface area contributed by atoms with Crippen molar-refractivity contribution in [1.29, 1.82) is 0 Å². The van der Waals surface area contributed by atoms with Gasteiger partial charge in [0.1, 0.15) is 16.9 Å². The first-order valence-electron chi connectivity index (χ1n) is 12.3. The number of aromatic nitrogens is 3. The van der Waals surface area contributed by atoms with Crippen LogP contribution in [-0.4, -0.2) is 37.3 Å². The summed E-state index contributed by atoms with van der Waals surface area (Å²) in [5, 5.41) is 19.5. The second-order valence-electron chi connectivity index (χ2n) is 9.39. The van der Waals surface area contributed by atoms with Crippen LogP contribution in [0.1, 0.15) is 69.9 Å². The molecule has 0 saturated heterocycles. The second kappa shape index (κ2) is 9.52. The number of benzene rings is 2. The van der Waals surface area contributed by atoms with Crippen LogP contribution in [0.5, 0.6) is 0 Å². The molecule has 0 saturated carbocycles. The Balaban J connectivity index is 1.66. The summed E-state index contributed by atoms with van der Waals surface area (Å²) in [7, 11) is 0. The molecule has 8 heteroatoms. The van der Waals surface area contributed by atoms with Crippen molar-refractivity contribution < 1.29 is 14.7 Å². The Morgan fingerprint density at radius 3 is 2.41 bits per heavy atom. The molecule has 1 unspecified atom stereocenters. The second-order valence-corrected chi connectivity index (χ2v) is 10.6. The van der Waals surface area contributed by atoms with Crippen LogP contribution in [0.3, 0.4) is 0 Å². The van der Waals surface area contributed by atoms with Gasteiger partial charge < -0.3 is 5.11 Å². The maximum Gasteiger partial charge on any atom is 0.308 e. The number of carbonyl (C=O) groups is 2. The minimum atomic E-state index is -0.935. The number of carboxylic acids is 1. The SMILES string of the molecule is CCC(=O)c1cccc(-c2ccc(C3=N[C@@H](C(C)C(=O)O)c4nnc(C)n4-c4sc(C)c(C)c43)cc2)c1. The number of fused-ring (bicyclic) bond motifs is 3. The topological polar surface area (TPSA) is 97.4 Å². The summed E-state index contributed by atoms with van der Waals surface area (Å²) >= 11 is 1.64. The van der Waals surface area contributed by atoms with Gasteiger partial charge in [-0.25, -0.2) is 0 Å². The lowest BCUT2D eigenvalue weighted by Gasteiger charge is -2.16. The fourth-order valence-electron chi connectivity index (χ4n) is 4.71. The first kappa shape index (κ1) is 24.8. The maximum atomic E-state index is 12.2. The summed E-state index contributed by atoms with van der Waals surface area (Å²) in [4.78, 5) is 30.5. The number of hydrogen-bond acceptors (Lipinski definition) is 6. The van der Waals surface area contributed by atoms with Crippen molar-refractivity contribution in [1.82, 2.24) is 14.8 Å². The largest absolute Gasteiger partial charge is 0.481 e. The van der Waals surface area contributed by atoms with E-state index >= 15 is 0 Å². The summed E-state index contributed by atoms with van der Waals surface area (Å²) < 4.78 is 1.96. The Kier molecular flexibility index (Phi) is 6.37. The Morgan fingerprint density at radius 2 is 1.73 bits per heavy atom. The third-order valence-corrected chi connectivity index (χ3v) is 8.24. The Morgan fingerprint density at radius 1 is 1.03 bits per heavy atom. The number of hydrogen-bond donors (Lipinski definition) is 1. The Bertz CT molecular complexity index is 1560. The number of aryl methyl sites for hydroxylation is 2. The van der Waals surface area contributed by atoms with E-state index in [-0.39, 0.29) is 5.78 Å². The summed E-state index contributed by atoms with van der Waals surface area (Å²) in [5.74, 6) is -0.364. The van der Waals surface area contributed by atoms with Crippen molar-refractivity contribution >= 4 is 28.8 Å². The standard InChI is InChI=1S/C29H28N4O3S/c1-6-23(34)22-9-7-8-21(14-22)19-10-12-20(13-11-19)26-24-15(2)17(4)37-28(24)33-18(5)31-32-27(33)25(30-26)16(3)29(35)36/h7-14,16,25H,6H2,1-5H3,(H,35,36)/t16?,25-/m0/s1. The molecule has 0 radical (unpaired) electrons. The smallest absolute Gasteiger partial charge is 0.308 e. The van der Waals surface area contributed by atoms with E-state index in [1.807, 2.05) is 66.9 Å². The van der Waals surface area contributed by atoms with E-state index in [1.165, 1.54) is 0 Å². The monoisotopic (exact) mass is 512 g/mol. The molecule has 5 rings (SSSR count). The van der Waals surface area contributed by atoms with E-state index in [2.05, 4.69) is 24.0 Å². The number of aliphatic carboxylic acids is 1. The predicted octanol–water partition coefficient (Wildman–Crippen LogP) is 6.13. The number of aliphatic imine (C=N–C) groups is 1. The molecule has 2 atom stereocenters. The molecule has 0 aliphatic carbocycles. The van der Waals surface area contributed by atoms with Crippen LogP contribution >= 0.6 is 11.3 Å². The van der Waals surface area contributed by atoms with Gasteiger partial charge in [-0.15, -0.1) is 21.5 Å². The van der Waals surface area contributed by atoms with Crippen LogP contribution in [0.15, 0.2) is 53.5 Å². The quantitative estimate of drug-likeness (QED) is 0.314. The molecule has 4 aromatic rings. The first-order valence-corrected chi connectivity index (χ1v) is 13.1. The summed E-state index contributed by atoms with van der Waals surface area (Å²) in [6.07, 6.45) is 0.465. The molecule has 0 fully saturated rings. The van der Waals surface area contributed by atoms with E-state index in [4.69, 9.17) is 4.99 Å². The number of ketones is 1. The van der Waals surface area contributed by atoms with E-state index < -0.39 is 17.9 Å². The van der Waals surface area contributed by atoms with Crippen molar-refractivity contribution in [3.8, 4) is 16.1 Å². The van der Waals surface area contributed by atoms with Gasteiger partial charge >= 0.3 is 5.97 Å². The van der Waals surface area contributed by atoms with Gasteiger partial charge in [0.2, 0.25) is 0 Å². The van der Waals surface area contributed by atoms with Gasteiger partial charge in [0, 0.05) is 28.0 Å². The van der Waals surface area contributed by atoms with Crippen molar-refractivity contribution in [2.24, 2.45) is 10.9 Å². The Hall–Kier alpha value is -3.91. The van der Waals surface area contributed by atoms with Gasteiger partial charge in [0.15, 0.2) is 11.6 Å². The van der Waals surface area contributed by atoms with Gasteiger partial charge in [-0.3, -0.25) is 19.1 Å². The zero-order valence-corrected chi connectivity index (χ0v) is 22.3. The number of Topliss-reactive ketones (excluding diaryl/α,β-unsaturated/α-hetero) is 1. The molecule has 37 heavy (non-hydrogen) atoms. The molecule has 1 aliphatic rings. The summed E-state index contributed by atoms with van der Waals surface area (Å²) in [5.41, 5.74) is 6.40. The normalized spacial score (nSPS) is 15.4. The lowest BCUT2D eigenvalue weighted by molar-refractivity contribution is -0.141. The van der Waals surface area contributed by atoms with E-state index in [1.54, 1.807) is 18.3 Å². The van der Waals surface area contributed by atoms with Crippen LogP contribution in [0.2, 0.25) is 0 Å². The van der Waals surface area contributed by atoms with E-state index in [9.17, 15) is 14.7 Å². The number of rotatable bonds is 6. The van der Waals surface area contributed by atoms with Gasteiger partial charge in [0.05, 0.1) is 11.6 Å². The fourth-order valence-corrected chi connectivity index (χ4v) is 5.93. The number of carbonyl (C=O) groups excluding carboxylic acids is 1. The number of thiophene rings is 1. The molecule has 0 spiro atoms. The third kappa shape index (κ3) is 4.21. The molecule has 7 nitrogen and oxygen atoms in total. The van der Waals surface area contributed by atoms with Gasteiger partial charge in [-0.1, -0.05) is 49.4 Å². The molecular weight excluding hydrogens is 484 g/mol. The molecular formula is C29H28N4O3S. The first-order chi connectivity index (χ1) is 17.7. The average Bonchev–Trinajstić information content (AvgIpc) is 3.37. The van der Waals surface area contributed by atoms with Crippen LogP contribution in [-0.2, 0) is 4.79 Å². The van der Waals surface area contributed by atoms with Gasteiger partial charge in [-0.2, -0.15) is 0 Å². The van der Waals surface area contributed by atoms with Crippen molar-refractivity contribution in [2.75, 3.05) is 0 Å². The Labute approximate surface area is 219 Å². The molecule has 1 N–H and O–H groups in total. The molecule has 1 aliphatic heterocycles. The summed E-state index contributed by atoms with van der Waals surface area (Å²) in [6.45, 7) is 9.56.